The second-order valence-corrected chi connectivity index (χ2v) is 2.18. The fourth-order valence-corrected chi connectivity index (χ4v) is 0.577. The van der Waals surface area contributed by atoms with E-state index in [1.54, 1.807) is 7.11 Å². The zero-order valence-electron chi connectivity index (χ0n) is 5.84. The Morgan fingerprint density at radius 1 is 1.80 bits per heavy atom. The predicted molar refractivity (Wildman–Crippen MR) is 38.6 cm³/mol. The average molecular weight is 167 g/mol. The number of hydrogen-bond donors (Lipinski definition) is 1. The van der Waals surface area contributed by atoms with Crippen LogP contribution in [0.2, 0.25) is 0 Å². The Kier molecular flexibility index (Phi) is 5.06. The van der Waals surface area contributed by atoms with Crippen molar-refractivity contribution in [2.45, 2.75) is 6.42 Å². The summed E-state index contributed by atoms with van der Waals surface area (Å²) in [5.74, 6) is 0. The summed E-state index contributed by atoms with van der Waals surface area (Å²) < 4.78 is 5.66. The molecule has 0 heterocycles. The molecule has 0 fully saturated rings. The Hall–Kier alpha value is -0.480. The van der Waals surface area contributed by atoms with Gasteiger partial charge in [-0.3, -0.25) is 0 Å². The molecular weight excluding hydrogens is 156 g/mol. The van der Waals surface area contributed by atoms with Crippen molar-refractivity contribution in [1.82, 2.24) is 4.42 Å². The minimum atomic E-state index is -0.627. The smallest absolute Gasteiger partial charge is 0.329 e. The highest BCUT2D eigenvalue weighted by molar-refractivity contribution is 6.20. The van der Waals surface area contributed by atoms with E-state index in [2.05, 4.69) is 0 Å². The fourth-order valence-electron chi connectivity index (χ4n) is 0.458. The third kappa shape index (κ3) is 4.40. The molecule has 10 heavy (non-hydrogen) atoms. The van der Waals surface area contributed by atoms with Gasteiger partial charge in [0.25, 0.3) is 0 Å². The maximum Gasteiger partial charge on any atom is 0.329 e. The van der Waals surface area contributed by atoms with Crippen LogP contribution in [0.15, 0.2) is 0 Å². The molecule has 0 bridgehead atoms. The van der Waals surface area contributed by atoms with E-state index in [-0.39, 0.29) is 0 Å². The molecule has 60 valence electrons. The molecule has 0 aliphatic rings. The minimum Gasteiger partial charge on any atom is -0.385 e. The molecule has 0 saturated heterocycles. The summed E-state index contributed by atoms with van der Waals surface area (Å²) in [6.07, 6.45) is 0.697. The van der Waals surface area contributed by atoms with E-state index in [9.17, 15) is 4.79 Å². The number of nitrogens with zero attached hydrogens (tertiary/aromatic N) is 1. The summed E-state index contributed by atoms with van der Waals surface area (Å²) in [7, 11) is 1.59. The van der Waals surface area contributed by atoms with Gasteiger partial charge in [-0.2, -0.15) is 0 Å². The number of halogens is 1. The standard InChI is InChI=1S/C5H11ClN2O2/c1-10-4-2-3-8(6)5(7)9/h2-4H2,1H3,(H2,7,9). The quantitative estimate of drug-likeness (QED) is 0.490. The van der Waals surface area contributed by atoms with Gasteiger partial charge in [0.2, 0.25) is 0 Å². The number of amides is 2. The van der Waals surface area contributed by atoms with Gasteiger partial charge in [-0.15, -0.1) is 0 Å². The molecule has 0 aliphatic carbocycles. The van der Waals surface area contributed by atoms with Crippen LogP contribution < -0.4 is 5.73 Å². The molecule has 0 spiro atoms. The van der Waals surface area contributed by atoms with Gasteiger partial charge in [0, 0.05) is 32.0 Å². The lowest BCUT2D eigenvalue weighted by atomic mass is 10.4. The van der Waals surface area contributed by atoms with Crippen molar-refractivity contribution in [1.29, 1.82) is 0 Å². The van der Waals surface area contributed by atoms with Gasteiger partial charge in [0.1, 0.15) is 0 Å². The van der Waals surface area contributed by atoms with Crippen molar-refractivity contribution >= 4 is 17.8 Å². The zero-order valence-corrected chi connectivity index (χ0v) is 6.60. The summed E-state index contributed by atoms with van der Waals surface area (Å²) in [4.78, 5) is 10.3. The Morgan fingerprint density at radius 3 is 2.80 bits per heavy atom. The van der Waals surface area contributed by atoms with Crippen molar-refractivity contribution in [3.8, 4) is 0 Å². The highest BCUT2D eigenvalue weighted by Crippen LogP contribution is 1.94. The summed E-state index contributed by atoms with van der Waals surface area (Å²) in [6.45, 7) is 1.00. The number of primary amides is 1. The lowest BCUT2D eigenvalue weighted by Gasteiger charge is -2.08. The Balaban J connectivity index is 3.21. The molecule has 0 rings (SSSR count). The molecule has 0 aromatic heterocycles. The zero-order chi connectivity index (χ0) is 7.98. The van der Waals surface area contributed by atoms with Gasteiger partial charge in [-0.05, 0) is 6.42 Å². The number of ether oxygens (including phenoxy) is 1. The highest BCUT2D eigenvalue weighted by atomic mass is 35.5. The molecular formula is C5H11ClN2O2. The summed E-state index contributed by atoms with van der Waals surface area (Å²) in [6, 6.07) is -0.627. The largest absolute Gasteiger partial charge is 0.385 e. The maximum atomic E-state index is 10.3. The van der Waals surface area contributed by atoms with Crippen LogP contribution in [0.3, 0.4) is 0 Å². The van der Waals surface area contributed by atoms with Crippen LogP contribution in [0.1, 0.15) is 6.42 Å². The van der Waals surface area contributed by atoms with Crippen LogP contribution in [0.25, 0.3) is 0 Å². The van der Waals surface area contributed by atoms with E-state index >= 15 is 0 Å². The second-order valence-electron chi connectivity index (χ2n) is 1.77. The van der Waals surface area contributed by atoms with E-state index < -0.39 is 6.03 Å². The first kappa shape index (κ1) is 9.52. The van der Waals surface area contributed by atoms with Gasteiger partial charge in [-0.1, -0.05) is 0 Å². The Labute approximate surface area is 65.0 Å². The number of urea groups is 1. The fraction of sp³-hybridized carbons (Fsp3) is 0.800. The van der Waals surface area contributed by atoms with Crippen molar-refractivity contribution in [3.05, 3.63) is 0 Å². The number of methoxy groups -OCH3 is 1. The van der Waals surface area contributed by atoms with Crippen molar-refractivity contribution in [2.24, 2.45) is 5.73 Å². The first-order valence-corrected chi connectivity index (χ1v) is 3.24. The van der Waals surface area contributed by atoms with Gasteiger partial charge in [0.05, 0.1) is 0 Å². The molecule has 2 N–H and O–H groups in total. The number of carbonyl (C=O) groups is 1. The van der Waals surface area contributed by atoms with Crippen molar-refractivity contribution < 1.29 is 9.53 Å². The van der Waals surface area contributed by atoms with E-state index in [0.717, 1.165) is 4.42 Å². The van der Waals surface area contributed by atoms with Crippen LogP contribution >= 0.6 is 11.8 Å². The third-order valence-electron chi connectivity index (χ3n) is 0.942. The van der Waals surface area contributed by atoms with Gasteiger partial charge >= 0.3 is 6.03 Å². The first-order chi connectivity index (χ1) is 4.68. The molecule has 0 aliphatic heterocycles. The monoisotopic (exact) mass is 166 g/mol. The number of carbonyl (C=O) groups excluding carboxylic acids is 1. The van der Waals surface area contributed by atoms with Gasteiger partial charge < -0.3 is 10.5 Å². The molecule has 0 aromatic carbocycles. The lowest BCUT2D eigenvalue weighted by molar-refractivity contribution is 0.187. The van der Waals surface area contributed by atoms with Crippen LogP contribution in [0.5, 0.6) is 0 Å². The predicted octanol–water partition coefficient (Wildman–Crippen LogP) is 0.557. The molecule has 0 unspecified atom stereocenters. The van der Waals surface area contributed by atoms with Gasteiger partial charge in [0.15, 0.2) is 0 Å². The Bertz CT molecular complexity index is 110. The number of nitrogens with two attached hydrogens (primary N) is 1. The molecule has 0 aromatic rings. The SMILES string of the molecule is COCCCN(Cl)C(N)=O. The third-order valence-corrected chi connectivity index (χ3v) is 1.28. The van der Waals surface area contributed by atoms with Crippen LogP contribution in [0.4, 0.5) is 4.79 Å². The lowest BCUT2D eigenvalue weighted by Crippen LogP contribution is -2.28. The topological polar surface area (TPSA) is 55.6 Å². The molecule has 0 saturated carbocycles. The van der Waals surface area contributed by atoms with Crippen molar-refractivity contribution in [2.75, 3.05) is 20.3 Å². The molecule has 2 amide bonds. The minimum absolute atomic E-state index is 0.421. The van der Waals surface area contributed by atoms with Crippen molar-refractivity contribution in [3.63, 3.8) is 0 Å². The number of hydrogen-bond acceptors (Lipinski definition) is 2. The van der Waals surface area contributed by atoms with Crippen LogP contribution in [0, 0.1) is 0 Å². The highest BCUT2D eigenvalue weighted by Gasteiger charge is 2.03. The molecule has 0 atom stereocenters. The van der Waals surface area contributed by atoms with E-state index in [1.807, 2.05) is 0 Å². The maximum absolute atomic E-state index is 10.3. The average Bonchev–Trinajstić information content (AvgIpc) is 1.88. The second kappa shape index (κ2) is 5.32. The summed E-state index contributed by atoms with van der Waals surface area (Å²) in [5.41, 5.74) is 4.83. The normalized spacial score (nSPS) is 9.40. The Morgan fingerprint density at radius 2 is 2.40 bits per heavy atom. The number of rotatable bonds is 4. The van der Waals surface area contributed by atoms with Crippen LogP contribution in [-0.4, -0.2) is 30.7 Å². The summed E-state index contributed by atoms with van der Waals surface area (Å²) in [5, 5.41) is 0. The van der Waals surface area contributed by atoms with E-state index in [0.29, 0.717) is 19.6 Å². The molecule has 0 radical (unpaired) electrons. The van der Waals surface area contributed by atoms with Crippen LogP contribution in [-0.2, 0) is 4.74 Å². The van der Waals surface area contributed by atoms with E-state index in [1.165, 1.54) is 0 Å². The first-order valence-electron chi connectivity index (χ1n) is 2.90. The summed E-state index contributed by atoms with van der Waals surface area (Å²) >= 11 is 5.35. The van der Waals surface area contributed by atoms with Gasteiger partial charge in [-0.25, -0.2) is 9.21 Å². The molecule has 4 nitrogen and oxygen atoms in total. The van der Waals surface area contributed by atoms with E-state index in [4.69, 9.17) is 22.2 Å². The molecule has 5 heteroatoms.